The number of hydrogen-bond donors (Lipinski definition) is 3. The molecule has 8 nitrogen and oxygen atoms in total. The summed E-state index contributed by atoms with van der Waals surface area (Å²) in [5.74, 6) is 0.261. The predicted octanol–water partition coefficient (Wildman–Crippen LogP) is 7.20. The lowest BCUT2D eigenvalue weighted by Crippen LogP contribution is -2.41. The van der Waals surface area contributed by atoms with Gasteiger partial charge in [0.15, 0.2) is 0 Å². The molecule has 8 heteroatoms. The van der Waals surface area contributed by atoms with Crippen molar-refractivity contribution in [1.29, 1.82) is 0 Å². The number of nitrogens with zero attached hydrogens (tertiary/aromatic N) is 1. The number of ether oxygens (including phenoxy) is 2. The number of hydrogen-bond acceptors (Lipinski definition) is 8. The van der Waals surface area contributed by atoms with Gasteiger partial charge in [-0.15, -0.1) is 0 Å². The lowest BCUT2D eigenvalue weighted by molar-refractivity contribution is -0.146. The molecule has 2 atom stereocenters. The van der Waals surface area contributed by atoms with Crippen LogP contribution in [-0.4, -0.2) is 83.8 Å². The molecule has 0 saturated heterocycles. The fraction of sp³-hybridized carbons (Fsp3) is 0.944. The van der Waals surface area contributed by atoms with E-state index < -0.39 is 24.1 Å². The normalized spacial score (nSPS) is 13.1. The molecule has 0 aromatic carbocycles. The molecule has 0 amide bonds. The zero-order valence-electron chi connectivity index (χ0n) is 29.1. The van der Waals surface area contributed by atoms with Crippen LogP contribution in [0.4, 0.5) is 0 Å². The Morgan fingerprint density at radius 3 is 1.20 bits per heavy atom. The van der Waals surface area contributed by atoms with Crippen LogP contribution < -0.4 is 0 Å². The minimum Gasteiger partial charge on any atom is -0.466 e. The Balaban J connectivity index is 4.51. The number of carbonyl (C=O) groups excluding carboxylic acids is 2. The first-order valence-corrected chi connectivity index (χ1v) is 18.3. The summed E-state index contributed by atoms with van der Waals surface area (Å²) >= 11 is 0. The summed E-state index contributed by atoms with van der Waals surface area (Å²) < 4.78 is 10.9. The van der Waals surface area contributed by atoms with E-state index in [0.717, 1.165) is 12.8 Å². The standard InChI is InChI=1S/C36H71NO7/c1-5-9-13-17-31(18-14-10-6-2)21-25-43-35(41)27-33(39)29-37(23-24-38)30-34(40)28-36(42)44-26-22-32(19-15-11-7-3)20-16-12-8-4/h31-34,38-40H,5-30H2,1-4H3. The average Bonchev–Trinajstić information content (AvgIpc) is 2.97. The van der Waals surface area contributed by atoms with E-state index in [2.05, 4.69) is 27.7 Å². The molecule has 3 N–H and O–H groups in total. The van der Waals surface area contributed by atoms with E-state index in [1.165, 1.54) is 103 Å². The summed E-state index contributed by atoms with van der Waals surface area (Å²) in [6.07, 6.45) is 18.7. The van der Waals surface area contributed by atoms with Gasteiger partial charge in [0.25, 0.3) is 0 Å². The number of carbonyl (C=O) groups is 2. The van der Waals surface area contributed by atoms with Gasteiger partial charge >= 0.3 is 11.9 Å². The van der Waals surface area contributed by atoms with Gasteiger partial charge in [-0.25, -0.2) is 0 Å². The van der Waals surface area contributed by atoms with E-state index in [4.69, 9.17) is 9.47 Å². The van der Waals surface area contributed by atoms with Gasteiger partial charge in [0, 0.05) is 19.6 Å². The Kier molecular flexibility index (Phi) is 29.6. The van der Waals surface area contributed by atoms with E-state index in [0.29, 0.717) is 25.0 Å². The average molecular weight is 630 g/mol. The molecule has 44 heavy (non-hydrogen) atoms. The van der Waals surface area contributed by atoms with E-state index >= 15 is 0 Å². The highest BCUT2D eigenvalue weighted by Crippen LogP contribution is 2.22. The van der Waals surface area contributed by atoms with Gasteiger partial charge in [-0.3, -0.25) is 14.5 Å². The van der Waals surface area contributed by atoms with Crippen molar-refractivity contribution in [3.63, 3.8) is 0 Å². The van der Waals surface area contributed by atoms with Crippen molar-refractivity contribution in [1.82, 2.24) is 4.90 Å². The van der Waals surface area contributed by atoms with Gasteiger partial charge in [0.05, 0.1) is 44.9 Å². The highest BCUT2D eigenvalue weighted by atomic mass is 16.5. The first-order chi connectivity index (χ1) is 21.3. The smallest absolute Gasteiger partial charge is 0.308 e. The predicted molar refractivity (Wildman–Crippen MR) is 179 cm³/mol. The van der Waals surface area contributed by atoms with Crippen molar-refractivity contribution < 1.29 is 34.4 Å². The topological polar surface area (TPSA) is 117 Å². The molecule has 0 rings (SSSR count). The molecule has 0 spiro atoms. The molecule has 2 unspecified atom stereocenters. The number of aliphatic hydroxyl groups excluding tert-OH is 3. The fourth-order valence-corrected chi connectivity index (χ4v) is 5.90. The van der Waals surface area contributed by atoms with Gasteiger partial charge in [0.1, 0.15) is 0 Å². The molecule has 0 aliphatic carbocycles. The van der Waals surface area contributed by atoms with Crippen LogP contribution in [-0.2, 0) is 19.1 Å². The van der Waals surface area contributed by atoms with Crippen LogP contribution in [0.1, 0.15) is 156 Å². The zero-order chi connectivity index (χ0) is 32.8. The Hall–Kier alpha value is -1.22. The van der Waals surface area contributed by atoms with Gasteiger partial charge in [-0.1, -0.05) is 130 Å². The van der Waals surface area contributed by atoms with Crippen molar-refractivity contribution in [2.24, 2.45) is 11.8 Å². The van der Waals surface area contributed by atoms with Crippen LogP contribution in [0.3, 0.4) is 0 Å². The first kappa shape index (κ1) is 42.8. The highest BCUT2D eigenvalue weighted by Gasteiger charge is 2.21. The van der Waals surface area contributed by atoms with Gasteiger partial charge in [-0.05, 0) is 24.7 Å². The summed E-state index contributed by atoms with van der Waals surface area (Å²) in [5.41, 5.74) is 0. The van der Waals surface area contributed by atoms with Crippen molar-refractivity contribution in [2.75, 3.05) is 39.5 Å². The monoisotopic (exact) mass is 630 g/mol. The second-order valence-electron chi connectivity index (χ2n) is 12.9. The Morgan fingerprint density at radius 2 is 0.909 bits per heavy atom. The quantitative estimate of drug-likeness (QED) is 0.0528. The fourth-order valence-electron chi connectivity index (χ4n) is 5.90. The van der Waals surface area contributed by atoms with E-state index in [9.17, 15) is 24.9 Å². The SMILES string of the molecule is CCCCCC(CCCCC)CCOC(=O)CC(O)CN(CCO)CC(O)CC(=O)OCCC(CCCCC)CCCCC. The largest absolute Gasteiger partial charge is 0.466 e. The first-order valence-electron chi connectivity index (χ1n) is 18.3. The third-order valence-electron chi connectivity index (χ3n) is 8.60. The van der Waals surface area contributed by atoms with Crippen molar-refractivity contribution in [3.8, 4) is 0 Å². The van der Waals surface area contributed by atoms with Crippen LogP contribution in [0.5, 0.6) is 0 Å². The molecule has 0 bridgehead atoms. The number of esters is 2. The highest BCUT2D eigenvalue weighted by molar-refractivity contribution is 5.70. The molecule has 0 aliphatic heterocycles. The lowest BCUT2D eigenvalue weighted by Gasteiger charge is -2.26. The van der Waals surface area contributed by atoms with Crippen LogP contribution >= 0.6 is 0 Å². The molecule has 0 saturated carbocycles. The number of unbranched alkanes of at least 4 members (excludes halogenated alkanes) is 8. The number of aliphatic hydroxyl groups is 3. The molecule has 0 aliphatic rings. The molecule has 0 fully saturated rings. The Labute approximate surface area is 270 Å². The second-order valence-corrected chi connectivity index (χ2v) is 12.9. The van der Waals surface area contributed by atoms with Crippen molar-refractivity contribution in [3.05, 3.63) is 0 Å². The molecular weight excluding hydrogens is 558 g/mol. The third-order valence-corrected chi connectivity index (χ3v) is 8.60. The molecule has 0 aromatic rings. The van der Waals surface area contributed by atoms with Crippen LogP contribution in [0.25, 0.3) is 0 Å². The number of rotatable bonds is 32. The Bertz CT molecular complexity index is 590. The van der Waals surface area contributed by atoms with E-state index in [1.807, 2.05) is 0 Å². The molecular formula is C36H71NO7. The minimum atomic E-state index is -0.990. The minimum absolute atomic E-state index is 0.0929. The van der Waals surface area contributed by atoms with Crippen molar-refractivity contribution >= 4 is 11.9 Å². The summed E-state index contributed by atoms with van der Waals surface area (Å²) in [5, 5.41) is 30.5. The van der Waals surface area contributed by atoms with E-state index in [1.54, 1.807) is 4.90 Å². The molecule has 0 aromatic heterocycles. The maximum atomic E-state index is 12.4. The van der Waals surface area contributed by atoms with Gasteiger partial charge in [0.2, 0.25) is 0 Å². The summed E-state index contributed by atoms with van der Waals surface area (Å²) in [6, 6.07) is 0. The summed E-state index contributed by atoms with van der Waals surface area (Å²) in [4.78, 5) is 26.5. The van der Waals surface area contributed by atoms with Crippen LogP contribution in [0.2, 0.25) is 0 Å². The molecule has 0 heterocycles. The molecule has 0 radical (unpaired) electrons. The lowest BCUT2D eigenvalue weighted by atomic mass is 9.92. The van der Waals surface area contributed by atoms with E-state index in [-0.39, 0.29) is 39.1 Å². The maximum Gasteiger partial charge on any atom is 0.308 e. The zero-order valence-corrected chi connectivity index (χ0v) is 29.1. The van der Waals surface area contributed by atoms with Crippen LogP contribution in [0, 0.1) is 11.8 Å². The maximum absolute atomic E-state index is 12.4. The van der Waals surface area contributed by atoms with Crippen LogP contribution in [0.15, 0.2) is 0 Å². The Morgan fingerprint density at radius 1 is 0.568 bits per heavy atom. The van der Waals surface area contributed by atoms with Gasteiger partial charge in [-0.2, -0.15) is 0 Å². The summed E-state index contributed by atoms with van der Waals surface area (Å²) in [6.45, 7) is 9.80. The third kappa shape index (κ3) is 26.0. The van der Waals surface area contributed by atoms with Gasteiger partial charge < -0.3 is 24.8 Å². The second kappa shape index (κ2) is 30.4. The van der Waals surface area contributed by atoms with Crippen molar-refractivity contribution in [2.45, 2.75) is 168 Å². The molecule has 262 valence electrons. The summed E-state index contributed by atoms with van der Waals surface area (Å²) in [7, 11) is 0.